The van der Waals surface area contributed by atoms with E-state index in [-0.39, 0.29) is 28.1 Å². The van der Waals surface area contributed by atoms with Crippen molar-refractivity contribution >= 4 is 39.1 Å². The van der Waals surface area contributed by atoms with Crippen LogP contribution in [-0.2, 0) is 26.0 Å². The molecule has 0 saturated heterocycles. The predicted octanol–water partition coefficient (Wildman–Crippen LogP) is 4.84. The summed E-state index contributed by atoms with van der Waals surface area (Å²) in [5.74, 6) is -0.417. The van der Waals surface area contributed by atoms with Crippen LogP contribution in [-0.4, -0.2) is 57.9 Å². The van der Waals surface area contributed by atoms with E-state index in [2.05, 4.69) is 5.32 Å². The van der Waals surface area contributed by atoms with Crippen molar-refractivity contribution in [3.05, 3.63) is 88.9 Å². The van der Waals surface area contributed by atoms with E-state index in [1.807, 2.05) is 51.1 Å². The molecule has 214 valence electrons. The van der Waals surface area contributed by atoms with Gasteiger partial charge < -0.3 is 15.0 Å². The molecule has 1 atom stereocenters. The van der Waals surface area contributed by atoms with Crippen LogP contribution >= 0.6 is 11.6 Å². The second-order valence-corrected chi connectivity index (χ2v) is 11.6. The average molecular weight is 586 g/mol. The molecule has 0 aliphatic rings. The number of benzene rings is 3. The van der Waals surface area contributed by atoms with Gasteiger partial charge in [-0.1, -0.05) is 66.6 Å². The number of hydrogen-bond acceptors (Lipinski definition) is 5. The van der Waals surface area contributed by atoms with Crippen molar-refractivity contribution in [1.29, 1.82) is 0 Å². The van der Waals surface area contributed by atoms with Gasteiger partial charge in [0.15, 0.2) is 0 Å². The van der Waals surface area contributed by atoms with E-state index in [1.54, 1.807) is 24.3 Å². The molecule has 0 unspecified atom stereocenters. The number of rotatable bonds is 13. The number of nitrogens with zero attached hydrogens (tertiary/aromatic N) is 2. The number of carbonyl (C=O) groups is 2. The number of sulfonamides is 1. The molecule has 0 spiro atoms. The Morgan fingerprint density at radius 2 is 1.68 bits per heavy atom. The summed E-state index contributed by atoms with van der Waals surface area (Å²) in [5, 5.41) is 3.00. The van der Waals surface area contributed by atoms with Crippen molar-refractivity contribution in [2.45, 2.75) is 44.6 Å². The van der Waals surface area contributed by atoms with Crippen molar-refractivity contribution < 1.29 is 22.7 Å². The topological polar surface area (TPSA) is 96.0 Å². The molecule has 3 rings (SSSR count). The van der Waals surface area contributed by atoms with E-state index in [0.717, 1.165) is 15.4 Å². The number of aryl methyl sites for hydroxylation is 1. The van der Waals surface area contributed by atoms with Crippen molar-refractivity contribution in [2.75, 3.05) is 31.0 Å². The SMILES string of the molecule is CCNC(=O)[C@@H](CC)N(CCc1ccccc1)C(=O)CN(c1ccc(OC)c(Cl)c1)S(=O)(=O)c1ccc(C)cc1. The van der Waals surface area contributed by atoms with Crippen LogP contribution in [0.25, 0.3) is 0 Å². The quantitative estimate of drug-likeness (QED) is 0.310. The van der Waals surface area contributed by atoms with E-state index < -0.39 is 28.5 Å². The zero-order valence-corrected chi connectivity index (χ0v) is 24.8. The first-order chi connectivity index (χ1) is 19.1. The first-order valence-electron chi connectivity index (χ1n) is 13.2. The molecule has 3 aromatic carbocycles. The van der Waals surface area contributed by atoms with Gasteiger partial charge in [-0.3, -0.25) is 13.9 Å². The lowest BCUT2D eigenvalue weighted by Gasteiger charge is -2.33. The average Bonchev–Trinajstić information content (AvgIpc) is 2.94. The molecule has 2 amide bonds. The van der Waals surface area contributed by atoms with Crippen molar-refractivity contribution in [3.8, 4) is 5.75 Å². The number of methoxy groups -OCH3 is 1. The molecule has 0 aliphatic heterocycles. The van der Waals surface area contributed by atoms with Crippen LogP contribution in [0.1, 0.15) is 31.4 Å². The van der Waals surface area contributed by atoms with Gasteiger partial charge in [0.1, 0.15) is 18.3 Å². The zero-order chi connectivity index (χ0) is 29.3. The molecule has 0 fully saturated rings. The highest BCUT2D eigenvalue weighted by Crippen LogP contribution is 2.32. The highest BCUT2D eigenvalue weighted by Gasteiger charge is 2.33. The Kier molecular flexibility index (Phi) is 11.0. The Labute approximate surface area is 241 Å². The number of amides is 2. The Balaban J connectivity index is 2.04. The minimum absolute atomic E-state index is 0.0319. The number of likely N-dealkylation sites (N-methyl/N-ethyl adjacent to an activating group) is 1. The highest BCUT2D eigenvalue weighted by atomic mass is 35.5. The first-order valence-corrected chi connectivity index (χ1v) is 15.0. The number of carbonyl (C=O) groups excluding carboxylic acids is 2. The third kappa shape index (κ3) is 7.55. The smallest absolute Gasteiger partial charge is 0.264 e. The number of ether oxygens (including phenoxy) is 1. The van der Waals surface area contributed by atoms with Crippen LogP contribution in [0.5, 0.6) is 5.75 Å². The molecule has 0 saturated carbocycles. The monoisotopic (exact) mass is 585 g/mol. The maximum Gasteiger partial charge on any atom is 0.264 e. The number of anilines is 1. The number of halogens is 1. The molecular weight excluding hydrogens is 550 g/mol. The fourth-order valence-corrected chi connectivity index (χ4v) is 6.02. The van der Waals surface area contributed by atoms with Gasteiger partial charge in [-0.25, -0.2) is 8.42 Å². The van der Waals surface area contributed by atoms with Gasteiger partial charge in [0.25, 0.3) is 10.0 Å². The summed E-state index contributed by atoms with van der Waals surface area (Å²) in [7, 11) is -2.72. The fraction of sp³-hybridized carbons (Fsp3) is 0.333. The summed E-state index contributed by atoms with van der Waals surface area (Å²) < 4.78 is 34.1. The molecule has 3 aromatic rings. The van der Waals surface area contributed by atoms with Gasteiger partial charge in [-0.2, -0.15) is 0 Å². The molecule has 0 radical (unpaired) electrons. The molecule has 0 heterocycles. The maximum atomic E-state index is 14.0. The highest BCUT2D eigenvalue weighted by molar-refractivity contribution is 7.92. The van der Waals surface area contributed by atoms with Gasteiger partial charge in [-0.15, -0.1) is 0 Å². The van der Waals surface area contributed by atoms with Crippen LogP contribution < -0.4 is 14.4 Å². The van der Waals surface area contributed by atoms with E-state index in [4.69, 9.17) is 16.3 Å². The summed E-state index contributed by atoms with van der Waals surface area (Å²) in [6.45, 7) is 5.62. The van der Waals surface area contributed by atoms with Crippen molar-refractivity contribution in [1.82, 2.24) is 10.2 Å². The molecule has 10 heteroatoms. The van der Waals surface area contributed by atoms with E-state index >= 15 is 0 Å². The molecule has 0 aromatic heterocycles. The summed E-state index contributed by atoms with van der Waals surface area (Å²) in [6.07, 6.45) is 0.868. The van der Waals surface area contributed by atoms with Crippen molar-refractivity contribution in [2.24, 2.45) is 0 Å². The normalized spacial score (nSPS) is 11.9. The van der Waals surface area contributed by atoms with Crippen LogP contribution in [0.4, 0.5) is 5.69 Å². The largest absolute Gasteiger partial charge is 0.495 e. The Morgan fingerprint density at radius 1 is 1.00 bits per heavy atom. The Hall–Kier alpha value is -3.56. The summed E-state index contributed by atoms with van der Waals surface area (Å²) in [6, 6.07) is 19.8. The second kappa shape index (κ2) is 14.2. The zero-order valence-electron chi connectivity index (χ0n) is 23.3. The minimum Gasteiger partial charge on any atom is -0.495 e. The number of hydrogen-bond donors (Lipinski definition) is 1. The van der Waals surface area contributed by atoms with Crippen LogP contribution in [0.3, 0.4) is 0 Å². The lowest BCUT2D eigenvalue weighted by atomic mass is 10.1. The van der Waals surface area contributed by atoms with Crippen LogP contribution in [0.15, 0.2) is 77.7 Å². The maximum absolute atomic E-state index is 14.0. The predicted molar refractivity (Wildman–Crippen MR) is 158 cm³/mol. The van der Waals surface area contributed by atoms with Crippen LogP contribution in [0.2, 0.25) is 5.02 Å². The molecule has 8 nitrogen and oxygen atoms in total. The Bertz CT molecular complexity index is 1400. The lowest BCUT2D eigenvalue weighted by Crippen LogP contribution is -2.53. The third-order valence-corrected chi connectivity index (χ3v) is 8.62. The fourth-order valence-electron chi connectivity index (χ4n) is 4.36. The Morgan fingerprint density at radius 3 is 2.25 bits per heavy atom. The van der Waals surface area contributed by atoms with Crippen molar-refractivity contribution in [3.63, 3.8) is 0 Å². The van der Waals surface area contributed by atoms with Gasteiger partial charge in [0.2, 0.25) is 11.8 Å². The molecule has 0 bridgehead atoms. The standard InChI is InChI=1S/C30H36ClN3O5S/c1-5-27(30(36)32-6-2)33(19-18-23-10-8-7-9-11-23)29(35)21-34(24-14-17-28(39-4)26(31)20-24)40(37,38)25-15-12-22(3)13-16-25/h7-17,20,27H,5-6,18-19,21H2,1-4H3,(H,32,36)/t27-/m1/s1. The van der Waals surface area contributed by atoms with E-state index in [0.29, 0.717) is 25.1 Å². The third-order valence-electron chi connectivity index (χ3n) is 6.53. The lowest BCUT2D eigenvalue weighted by molar-refractivity contribution is -0.139. The van der Waals surface area contributed by atoms with E-state index in [9.17, 15) is 18.0 Å². The summed E-state index contributed by atoms with van der Waals surface area (Å²) >= 11 is 6.36. The van der Waals surface area contributed by atoms with Crippen LogP contribution in [0, 0.1) is 6.92 Å². The minimum atomic E-state index is -4.18. The molecular formula is C30H36ClN3O5S. The summed E-state index contributed by atoms with van der Waals surface area (Å²) in [5.41, 5.74) is 2.10. The molecule has 1 N–H and O–H groups in total. The molecule has 0 aliphatic carbocycles. The van der Waals surface area contributed by atoms with Gasteiger partial charge in [-0.05, 0) is 62.6 Å². The number of nitrogens with one attached hydrogen (secondary N) is 1. The summed E-state index contributed by atoms with van der Waals surface area (Å²) in [4.78, 5) is 28.5. The van der Waals surface area contributed by atoms with Gasteiger partial charge in [0.05, 0.1) is 22.7 Å². The van der Waals surface area contributed by atoms with E-state index in [1.165, 1.54) is 30.2 Å². The molecule has 40 heavy (non-hydrogen) atoms. The van der Waals surface area contributed by atoms with Gasteiger partial charge in [0, 0.05) is 13.1 Å². The van der Waals surface area contributed by atoms with Gasteiger partial charge >= 0.3 is 0 Å². The first kappa shape index (κ1) is 31.0. The second-order valence-electron chi connectivity index (χ2n) is 9.28.